The number of hydrogen-bond donors (Lipinski definition) is 2. The summed E-state index contributed by atoms with van der Waals surface area (Å²) in [6.07, 6.45) is -3.25. The number of rotatable bonds is 6. The molecule has 1 atom stereocenters. The first-order valence-electron chi connectivity index (χ1n) is 6.99. The molecule has 0 radical (unpaired) electrons. The summed E-state index contributed by atoms with van der Waals surface area (Å²) in [4.78, 5) is 40.2. The van der Waals surface area contributed by atoms with Gasteiger partial charge in [-0.15, -0.1) is 22.9 Å². The highest BCUT2D eigenvalue weighted by atomic mass is 35.5. The fourth-order valence-corrected chi connectivity index (χ4v) is 2.54. The molecule has 138 valence electrons. The van der Waals surface area contributed by atoms with E-state index in [9.17, 15) is 27.6 Å². The highest BCUT2D eigenvalue weighted by molar-refractivity contribution is 7.13. The van der Waals surface area contributed by atoms with Crippen LogP contribution in [0.4, 0.5) is 18.3 Å². The predicted molar refractivity (Wildman–Crippen MR) is 89.2 cm³/mol. The van der Waals surface area contributed by atoms with Crippen molar-refractivity contribution in [2.45, 2.75) is 12.2 Å². The number of anilines is 1. The van der Waals surface area contributed by atoms with E-state index < -0.39 is 41.3 Å². The van der Waals surface area contributed by atoms with Gasteiger partial charge < -0.3 is 5.32 Å². The number of carbonyl (C=O) groups excluding carboxylic acids is 3. The fourth-order valence-electron chi connectivity index (χ4n) is 1.93. The van der Waals surface area contributed by atoms with E-state index in [1.165, 1.54) is 6.20 Å². The number of halogens is 4. The van der Waals surface area contributed by atoms with Gasteiger partial charge in [0.15, 0.2) is 17.0 Å². The molecule has 1 aromatic heterocycles. The summed E-state index contributed by atoms with van der Waals surface area (Å²) in [7, 11) is 0. The Morgan fingerprint density at radius 3 is 2.58 bits per heavy atom. The zero-order chi connectivity index (χ0) is 19.3. The lowest BCUT2D eigenvalue weighted by atomic mass is 10.0. The molecule has 0 fully saturated rings. The van der Waals surface area contributed by atoms with Crippen LogP contribution in [0.15, 0.2) is 35.8 Å². The van der Waals surface area contributed by atoms with E-state index in [1.54, 1.807) is 5.38 Å². The highest BCUT2D eigenvalue weighted by Crippen LogP contribution is 2.29. The number of benzene rings is 1. The molecule has 1 unspecified atom stereocenters. The maximum absolute atomic E-state index is 12.8. The topological polar surface area (TPSA) is 88.2 Å². The summed E-state index contributed by atoms with van der Waals surface area (Å²) in [6.45, 7) is 0. The Bertz CT molecular complexity index is 812. The van der Waals surface area contributed by atoms with Crippen molar-refractivity contribution in [2.75, 3.05) is 11.2 Å². The number of nitrogens with zero attached hydrogens (tertiary/aromatic N) is 1. The minimum atomic E-state index is -4.66. The summed E-state index contributed by atoms with van der Waals surface area (Å²) >= 11 is 6.43. The second-order valence-electron chi connectivity index (χ2n) is 4.90. The number of carbonyl (C=O) groups is 3. The smallest absolute Gasteiger partial charge is 0.337 e. The van der Waals surface area contributed by atoms with Crippen LogP contribution in [0.5, 0.6) is 0 Å². The molecule has 0 aliphatic rings. The van der Waals surface area contributed by atoms with Gasteiger partial charge in [0.2, 0.25) is 5.91 Å². The van der Waals surface area contributed by atoms with Crippen LogP contribution >= 0.6 is 22.9 Å². The Morgan fingerprint density at radius 1 is 1.27 bits per heavy atom. The van der Waals surface area contributed by atoms with Gasteiger partial charge in [0.1, 0.15) is 5.88 Å². The highest BCUT2D eigenvalue weighted by Gasteiger charge is 2.34. The SMILES string of the molecule is O=C(CCl)NC(C(=O)Nc1nccs1)C(=O)c1cccc(C(F)(F)F)c1. The van der Waals surface area contributed by atoms with Crippen LogP contribution in [0.25, 0.3) is 0 Å². The second-order valence-corrected chi connectivity index (χ2v) is 6.07. The van der Waals surface area contributed by atoms with E-state index in [0.29, 0.717) is 6.07 Å². The van der Waals surface area contributed by atoms with E-state index in [4.69, 9.17) is 11.6 Å². The summed E-state index contributed by atoms with van der Waals surface area (Å²) < 4.78 is 38.5. The number of Topliss-reactive ketones (excluding diaryl/α,β-unsaturated/α-hetero) is 1. The van der Waals surface area contributed by atoms with E-state index >= 15 is 0 Å². The molecule has 0 spiro atoms. The summed E-state index contributed by atoms with van der Waals surface area (Å²) in [5.74, 6) is -3.31. The standard InChI is InChI=1S/C15H11ClF3N3O3S/c16-7-10(23)21-11(13(25)22-14-20-4-5-26-14)12(24)8-2-1-3-9(6-8)15(17,18)19/h1-6,11H,7H2,(H,21,23)(H,20,22,25). The average Bonchev–Trinajstić information content (AvgIpc) is 3.11. The summed E-state index contributed by atoms with van der Waals surface area (Å²) in [5, 5.41) is 6.14. The maximum Gasteiger partial charge on any atom is 0.416 e. The zero-order valence-electron chi connectivity index (χ0n) is 12.8. The van der Waals surface area contributed by atoms with Gasteiger partial charge >= 0.3 is 6.18 Å². The molecule has 0 aliphatic carbocycles. The van der Waals surface area contributed by atoms with Gasteiger partial charge in [0, 0.05) is 17.1 Å². The molecular formula is C15H11ClF3N3O3S. The lowest BCUT2D eigenvalue weighted by Gasteiger charge is -2.17. The van der Waals surface area contributed by atoms with Crippen LogP contribution in [0.1, 0.15) is 15.9 Å². The Morgan fingerprint density at radius 2 is 2.00 bits per heavy atom. The maximum atomic E-state index is 12.8. The normalized spacial score (nSPS) is 12.3. The van der Waals surface area contributed by atoms with Crippen LogP contribution < -0.4 is 10.6 Å². The molecule has 1 heterocycles. The minimum absolute atomic E-state index is 0.164. The number of hydrogen-bond acceptors (Lipinski definition) is 5. The van der Waals surface area contributed by atoms with Gasteiger partial charge in [-0.05, 0) is 12.1 Å². The predicted octanol–water partition coefficient (Wildman–Crippen LogP) is 2.71. The lowest BCUT2D eigenvalue weighted by Crippen LogP contribution is -2.49. The summed E-state index contributed by atoms with van der Waals surface area (Å²) in [5.41, 5.74) is -1.43. The number of thiazole rings is 1. The Hall–Kier alpha value is -2.46. The summed E-state index contributed by atoms with van der Waals surface area (Å²) in [6, 6.07) is 1.80. The molecule has 1 aromatic carbocycles. The van der Waals surface area contributed by atoms with Gasteiger partial charge in [0.05, 0.1) is 5.56 Å². The molecule has 2 amide bonds. The van der Waals surface area contributed by atoms with Crippen LogP contribution in [0.3, 0.4) is 0 Å². The molecule has 26 heavy (non-hydrogen) atoms. The molecule has 0 aliphatic heterocycles. The van der Waals surface area contributed by atoms with Crippen LogP contribution in [-0.2, 0) is 15.8 Å². The Labute approximate surface area is 154 Å². The molecular weight excluding hydrogens is 395 g/mol. The molecule has 11 heteroatoms. The van der Waals surface area contributed by atoms with Gasteiger partial charge in [-0.3, -0.25) is 19.7 Å². The van der Waals surface area contributed by atoms with Crippen molar-refractivity contribution in [1.29, 1.82) is 0 Å². The third kappa shape index (κ3) is 5.02. The fraction of sp³-hybridized carbons (Fsp3) is 0.200. The number of alkyl halides is 4. The lowest BCUT2D eigenvalue weighted by molar-refractivity contribution is -0.137. The molecule has 0 saturated carbocycles. The Kier molecular flexibility index (Phi) is 6.32. The van der Waals surface area contributed by atoms with E-state index in [1.807, 2.05) is 0 Å². The van der Waals surface area contributed by atoms with Crippen molar-refractivity contribution < 1.29 is 27.6 Å². The second kappa shape index (κ2) is 8.28. The molecule has 2 N–H and O–H groups in total. The molecule has 6 nitrogen and oxygen atoms in total. The van der Waals surface area contributed by atoms with Crippen molar-refractivity contribution in [3.63, 3.8) is 0 Å². The number of nitrogens with one attached hydrogen (secondary N) is 2. The molecule has 2 rings (SSSR count). The van der Waals surface area contributed by atoms with Gasteiger partial charge in [-0.25, -0.2) is 4.98 Å². The molecule has 0 saturated heterocycles. The van der Waals surface area contributed by atoms with Crippen molar-refractivity contribution in [3.05, 3.63) is 47.0 Å². The van der Waals surface area contributed by atoms with Gasteiger partial charge in [0.25, 0.3) is 5.91 Å². The van der Waals surface area contributed by atoms with Crippen LogP contribution in [0.2, 0.25) is 0 Å². The van der Waals surface area contributed by atoms with Gasteiger partial charge in [-0.1, -0.05) is 12.1 Å². The third-order valence-corrected chi connectivity index (χ3v) is 4.02. The Balaban J connectivity index is 2.30. The largest absolute Gasteiger partial charge is 0.416 e. The average molecular weight is 406 g/mol. The minimum Gasteiger partial charge on any atom is -0.337 e. The zero-order valence-corrected chi connectivity index (χ0v) is 14.4. The van der Waals surface area contributed by atoms with Crippen molar-refractivity contribution in [2.24, 2.45) is 0 Å². The van der Waals surface area contributed by atoms with Crippen molar-refractivity contribution in [1.82, 2.24) is 10.3 Å². The number of amides is 2. The van der Waals surface area contributed by atoms with E-state index in [-0.39, 0.29) is 10.7 Å². The monoisotopic (exact) mass is 405 g/mol. The number of aromatic nitrogens is 1. The first-order valence-corrected chi connectivity index (χ1v) is 8.41. The van der Waals surface area contributed by atoms with Crippen molar-refractivity contribution >= 4 is 45.7 Å². The van der Waals surface area contributed by atoms with Crippen molar-refractivity contribution in [3.8, 4) is 0 Å². The first kappa shape index (κ1) is 19.9. The van der Waals surface area contributed by atoms with Crippen LogP contribution in [0, 0.1) is 0 Å². The quantitative estimate of drug-likeness (QED) is 0.439. The molecule has 0 bridgehead atoms. The third-order valence-electron chi connectivity index (χ3n) is 3.09. The van der Waals surface area contributed by atoms with Gasteiger partial charge in [-0.2, -0.15) is 13.2 Å². The van der Waals surface area contributed by atoms with Crippen LogP contribution in [-0.4, -0.2) is 34.5 Å². The molecule has 2 aromatic rings. The first-order chi connectivity index (χ1) is 12.2. The number of ketones is 1. The van der Waals surface area contributed by atoms with E-state index in [2.05, 4.69) is 15.6 Å². The van der Waals surface area contributed by atoms with E-state index in [0.717, 1.165) is 29.5 Å².